The third-order valence-corrected chi connectivity index (χ3v) is 5.99. The summed E-state index contributed by atoms with van der Waals surface area (Å²) >= 11 is 5.51. The molecule has 1 amide bonds. The predicted octanol–water partition coefficient (Wildman–Crippen LogP) is 5.73. The Balaban J connectivity index is 0.000000343. The van der Waals surface area contributed by atoms with Gasteiger partial charge in [-0.15, -0.1) is 37.6 Å². The first-order valence-electron chi connectivity index (χ1n) is 9.59. The van der Waals surface area contributed by atoms with E-state index in [0.717, 1.165) is 28.7 Å². The molecule has 6 nitrogen and oxygen atoms in total. The van der Waals surface area contributed by atoms with Crippen LogP contribution in [0.25, 0.3) is 0 Å². The van der Waals surface area contributed by atoms with Crippen molar-refractivity contribution in [2.45, 2.75) is 16.2 Å². The number of nitrogen functional groups attached to an aromatic ring is 1. The van der Waals surface area contributed by atoms with E-state index < -0.39 is 18.0 Å². The summed E-state index contributed by atoms with van der Waals surface area (Å²) in [6.07, 6.45) is -4.99. The van der Waals surface area contributed by atoms with Crippen molar-refractivity contribution in [3.05, 3.63) is 71.8 Å². The second kappa shape index (κ2) is 10.6. The Labute approximate surface area is 203 Å². The maximum atomic E-state index is 12.8. The van der Waals surface area contributed by atoms with Crippen LogP contribution >= 0.6 is 24.4 Å². The molecule has 3 aromatic carbocycles. The molecule has 0 spiro atoms. The summed E-state index contributed by atoms with van der Waals surface area (Å²) in [5.74, 6) is -1.32. The zero-order valence-electron chi connectivity index (χ0n) is 17.7. The average Bonchev–Trinajstić information content (AvgIpc) is 3.23. The topological polar surface area (TPSA) is 88.6 Å². The number of hydrogen-bond acceptors (Lipinski definition) is 7. The highest BCUT2D eigenvalue weighted by atomic mass is 32.2. The number of alkyl halides is 3. The molecule has 0 fully saturated rings. The number of anilines is 2. The van der Waals surface area contributed by atoms with Crippen LogP contribution < -0.4 is 20.1 Å². The molecule has 1 aliphatic heterocycles. The maximum absolute atomic E-state index is 12.8. The van der Waals surface area contributed by atoms with E-state index in [1.807, 2.05) is 36.4 Å². The molecule has 0 saturated heterocycles. The molecule has 0 saturated carbocycles. The van der Waals surface area contributed by atoms with Gasteiger partial charge in [-0.05, 0) is 36.4 Å². The maximum Gasteiger partial charge on any atom is 0.573 e. The Morgan fingerprint density at radius 1 is 1.18 bits per heavy atom. The lowest BCUT2D eigenvalue weighted by Crippen LogP contribution is -2.28. The third-order valence-electron chi connectivity index (χ3n) is 4.54. The summed E-state index contributed by atoms with van der Waals surface area (Å²) in [5, 5.41) is 9.21. The van der Waals surface area contributed by atoms with Crippen LogP contribution in [0.15, 0.2) is 70.5 Å². The van der Waals surface area contributed by atoms with E-state index in [1.165, 1.54) is 22.7 Å². The Kier molecular flexibility index (Phi) is 7.86. The van der Waals surface area contributed by atoms with Gasteiger partial charge in [0.2, 0.25) is 0 Å². The molecule has 2 N–H and O–H groups in total. The number of nitriles is 1. The Bertz CT molecular complexity index is 1230. The number of para-hydroxylation sites is 2. The normalized spacial score (nSPS) is 12.2. The Hall–Kier alpha value is -3.49. The number of fused-ring (bicyclic) bond motifs is 1. The van der Waals surface area contributed by atoms with Gasteiger partial charge in [-0.3, -0.25) is 9.69 Å². The van der Waals surface area contributed by atoms with Gasteiger partial charge >= 0.3 is 6.36 Å². The van der Waals surface area contributed by atoms with Crippen molar-refractivity contribution in [2.75, 3.05) is 23.6 Å². The molecular weight excluding hydrogens is 487 g/mol. The first kappa shape index (κ1) is 25.1. The number of nitrogens with zero attached hydrogens (tertiary/aromatic N) is 2. The zero-order valence-corrected chi connectivity index (χ0v) is 19.4. The lowest BCUT2D eigenvalue weighted by Gasteiger charge is -2.19. The van der Waals surface area contributed by atoms with Crippen LogP contribution in [0.1, 0.15) is 15.9 Å². The zero-order chi connectivity index (χ0) is 24.9. The summed E-state index contributed by atoms with van der Waals surface area (Å²) < 4.78 is 46.8. The standard InChI is InChI=1S/C17H11F3N2O3S.C6H7NS/c1-24-15-11(8-21)6-10(7-13(15)25-17(18,19)20)16(23)22-9-26-14-5-3-2-4-12(14)22;7-5-3-1-2-4-6(5)8/h2-7H,9H2,1H3;1-4,8H,7H2. The Morgan fingerprint density at radius 2 is 1.85 bits per heavy atom. The quantitative estimate of drug-likeness (QED) is 0.349. The van der Waals surface area contributed by atoms with Crippen molar-refractivity contribution in [3.8, 4) is 17.6 Å². The second-order valence-corrected chi connectivity index (χ2v) is 8.22. The van der Waals surface area contributed by atoms with E-state index in [0.29, 0.717) is 11.6 Å². The molecular formula is C23H18F3N3O3S2. The molecule has 176 valence electrons. The van der Waals surface area contributed by atoms with E-state index in [2.05, 4.69) is 17.4 Å². The molecule has 34 heavy (non-hydrogen) atoms. The fourth-order valence-electron chi connectivity index (χ4n) is 3.04. The number of rotatable bonds is 3. The fourth-order valence-corrected chi connectivity index (χ4v) is 4.22. The average molecular weight is 506 g/mol. The molecule has 0 bridgehead atoms. The van der Waals surface area contributed by atoms with E-state index >= 15 is 0 Å². The molecule has 0 aliphatic carbocycles. The number of hydrogen-bond donors (Lipinski definition) is 2. The van der Waals surface area contributed by atoms with Crippen LogP contribution in [0.2, 0.25) is 0 Å². The summed E-state index contributed by atoms with van der Waals surface area (Å²) in [7, 11) is 1.12. The number of ether oxygens (including phenoxy) is 2. The third kappa shape index (κ3) is 5.89. The first-order valence-corrected chi connectivity index (χ1v) is 11.0. The van der Waals surface area contributed by atoms with Gasteiger partial charge in [0.05, 0.1) is 24.2 Å². The molecule has 1 aliphatic rings. The summed E-state index contributed by atoms with van der Waals surface area (Å²) in [4.78, 5) is 16.0. The van der Waals surface area contributed by atoms with Crippen LogP contribution in [0.5, 0.6) is 11.5 Å². The molecule has 3 aromatic rings. The molecule has 1 heterocycles. The minimum atomic E-state index is -4.99. The van der Waals surface area contributed by atoms with Gasteiger partial charge in [0.1, 0.15) is 6.07 Å². The lowest BCUT2D eigenvalue weighted by atomic mass is 10.1. The van der Waals surface area contributed by atoms with Crippen molar-refractivity contribution in [1.82, 2.24) is 0 Å². The first-order chi connectivity index (χ1) is 16.1. The number of carbonyl (C=O) groups excluding carboxylic acids is 1. The SMILES string of the molecule is COc1c(C#N)cc(C(=O)N2CSc3ccccc32)cc1OC(F)(F)F.Nc1ccccc1S. The number of amides is 1. The van der Waals surface area contributed by atoms with Gasteiger partial charge in [-0.1, -0.05) is 24.3 Å². The Morgan fingerprint density at radius 3 is 2.44 bits per heavy atom. The van der Waals surface area contributed by atoms with Gasteiger partial charge < -0.3 is 15.2 Å². The summed E-state index contributed by atoms with van der Waals surface area (Å²) in [6, 6.07) is 18.5. The number of nitrogens with two attached hydrogens (primary N) is 1. The highest BCUT2D eigenvalue weighted by Gasteiger charge is 2.34. The minimum absolute atomic E-state index is 0.0982. The molecule has 0 radical (unpaired) electrons. The molecule has 11 heteroatoms. The van der Waals surface area contributed by atoms with E-state index in [4.69, 9.17) is 10.5 Å². The molecule has 0 aromatic heterocycles. The van der Waals surface area contributed by atoms with Crippen molar-refractivity contribution in [3.63, 3.8) is 0 Å². The van der Waals surface area contributed by atoms with Crippen LogP contribution in [-0.4, -0.2) is 25.3 Å². The number of methoxy groups -OCH3 is 1. The lowest BCUT2D eigenvalue weighted by molar-refractivity contribution is -0.275. The van der Waals surface area contributed by atoms with E-state index in [-0.39, 0.29) is 16.9 Å². The van der Waals surface area contributed by atoms with E-state index in [9.17, 15) is 23.2 Å². The molecule has 0 unspecified atom stereocenters. The number of thiol groups is 1. The molecule has 4 rings (SSSR count). The fraction of sp³-hybridized carbons (Fsp3) is 0.130. The van der Waals surface area contributed by atoms with E-state index in [1.54, 1.807) is 18.2 Å². The van der Waals surface area contributed by atoms with Gasteiger partial charge in [0.15, 0.2) is 11.5 Å². The van der Waals surface area contributed by atoms with Crippen molar-refractivity contribution >= 4 is 41.7 Å². The van der Waals surface area contributed by atoms with Crippen LogP contribution in [-0.2, 0) is 0 Å². The van der Waals surface area contributed by atoms with Gasteiger partial charge in [-0.25, -0.2) is 0 Å². The highest BCUT2D eigenvalue weighted by Crippen LogP contribution is 2.41. The number of thioether (sulfide) groups is 1. The summed E-state index contributed by atoms with van der Waals surface area (Å²) in [5.41, 5.74) is 6.52. The smallest absolute Gasteiger partial charge is 0.492 e. The van der Waals surface area contributed by atoms with Crippen molar-refractivity contribution < 1.29 is 27.4 Å². The van der Waals surface area contributed by atoms with Crippen molar-refractivity contribution in [1.29, 1.82) is 5.26 Å². The second-order valence-electron chi connectivity index (χ2n) is 6.75. The van der Waals surface area contributed by atoms with Crippen LogP contribution in [0, 0.1) is 11.3 Å². The largest absolute Gasteiger partial charge is 0.573 e. The van der Waals surface area contributed by atoms with Gasteiger partial charge in [-0.2, -0.15) is 5.26 Å². The van der Waals surface area contributed by atoms with Gasteiger partial charge in [0, 0.05) is 21.0 Å². The number of halogens is 3. The van der Waals surface area contributed by atoms with Crippen LogP contribution in [0.4, 0.5) is 24.5 Å². The predicted molar refractivity (Wildman–Crippen MR) is 126 cm³/mol. The van der Waals surface area contributed by atoms with Crippen molar-refractivity contribution in [2.24, 2.45) is 0 Å². The monoisotopic (exact) mass is 505 g/mol. The number of carbonyl (C=O) groups is 1. The van der Waals surface area contributed by atoms with Gasteiger partial charge in [0.25, 0.3) is 5.91 Å². The minimum Gasteiger partial charge on any atom is -0.492 e. The molecule has 0 atom stereocenters. The number of benzene rings is 3. The summed E-state index contributed by atoms with van der Waals surface area (Å²) in [6.45, 7) is 0. The highest BCUT2D eigenvalue weighted by molar-refractivity contribution is 8.00. The van der Waals surface area contributed by atoms with Crippen LogP contribution in [0.3, 0.4) is 0 Å².